The Kier molecular flexibility index (Phi) is 8.30. The zero-order valence-electron chi connectivity index (χ0n) is 15.3. The molecule has 0 aliphatic heterocycles. The van der Waals surface area contributed by atoms with Crippen molar-refractivity contribution >= 4 is 29.1 Å². The van der Waals surface area contributed by atoms with Crippen LogP contribution in [-0.4, -0.2) is 29.1 Å². The summed E-state index contributed by atoms with van der Waals surface area (Å²) in [4.78, 5) is 54.8. The van der Waals surface area contributed by atoms with Gasteiger partial charge in [-0.1, -0.05) is 0 Å². The van der Waals surface area contributed by atoms with Gasteiger partial charge in [0.05, 0.1) is 0 Å². The molecule has 0 saturated heterocycles. The predicted molar refractivity (Wildman–Crippen MR) is 82.7 cm³/mol. The number of rotatable bonds is 5. The molecule has 0 amide bonds. The van der Waals surface area contributed by atoms with Crippen molar-refractivity contribution in [3.05, 3.63) is 29.1 Å². The van der Waals surface area contributed by atoms with E-state index in [0.29, 0.717) is 0 Å². The van der Waals surface area contributed by atoms with Crippen LogP contribution in [0, 0.1) is 34.5 Å². The van der Waals surface area contributed by atoms with Crippen LogP contribution in [0.5, 0.6) is 5.75 Å². The fourth-order valence-electron chi connectivity index (χ4n) is 2.31. The summed E-state index contributed by atoms with van der Waals surface area (Å²) < 4.78 is 66.9. The van der Waals surface area contributed by atoms with E-state index < -0.39 is 69.4 Å². The molecule has 0 bridgehead atoms. The van der Waals surface area contributed by atoms with Crippen molar-refractivity contribution in [3.63, 3.8) is 0 Å². The van der Waals surface area contributed by atoms with Crippen molar-refractivity contribution in [1.29, 1.82) is 0 Å². The third-order valence-electron chi connectivity index (χ3n) is 3.53. The first-order valence-corrected chi connectivity index (χ1v) is 7.37. The molecule has 6 nitrogen and oxygen atoms in total. The molecule has 11 heteroatoms. The first-order valence-electron chi connectivity index (χ1n) is 7.37. The Morgan fingerprint density at radius 3 is 1.00 bits per heavy atom. The van der Waals surface area contributed by atoms with Gasteiger partial charge in [-0.3, -0.25) is 24.0 Å². The zero-order chi connectivity index (χ0) is 22.6. The Morgan fingerprint density at radius 1 is 0.571 bits per heavy atom. The quantitative estimate of drug-likeness (QED) is 0.185. The minimum atomic E-state index is -2.30. The van der Waals surface area contributed by atoms with Crippen molar-refractivity contribution in [2.45, 2.75) is 34.6 Å². The summed E-state index contributed by atoms with van der Waals surface area (Å²) in [5.74, 6) is -16.6. The van der Waals surface area contributed by atoms with Crippen molar-refractivity contribution in [3.8, 4) is 5.75 Å². The van der Waals surface area contributed by atoms with Crippen LogP contribution >= 0.6 is 0 Å². The van der Waals surface area contributed by atoms with Gasteiger partial charge in [-0.05, 0) is 27.7 Å². The van der Waals surface area contributed by atoms with Crippen LogP contribution in [-0.2, 0) is 24.0 Å². The highest BCUT2D eigenvalue weighted by Crippen LogP contribution is 2.29. The lowest BCUT2D eigenvalue weighted by atomic mass is 9.74. The minimum Gasteiger partial charge on any atom is -0.420 e. The monoisotopic (exact) mass is 410 g/mol. The second-order valence-electron chi connectivity index (χ2n) is 5.47. The molecule has 0 atom stereocenters. The Bertz CT molecular complexity index is 772. The fraction of sp³-hybridized carbons (Fsp3) is 0.353. The average molecular weight is 410 g/mol. The SMILES string of the molecule is CC(=O)C(C(C)=O)(C(C)=O)C(C)=O.CC(=O)Oc1c(F)c(F)c(F)c(F)c1F. The smallest absolute Gasteiger partial charge is 0.308 e. The number of ketones is 4. The van der Waals surface area contributed by atoms with Crippen LogP contribution in [0.2, 0.25) is 0 Å². The van der Waals surface area contributed by atoms with Gasteiger partial charge in [-0.25, -0.2) is 13.2 Å². The van der Waals surface area contributed by atoms with Gasteiger partial charge >= 0.3 is 5.97 Å². The van der Waals surface area contributed by atoms with Crippen molar-refractivity contribution in [1.82, 2.24) is 0 Å². The topological polar surface area (TPSA) is 94.6 Å². The Balaban J connectivity index is 0.000000528. The van der Waals surface area contributed by atoms with E-state index in [2.05, 4.69) is 4.74 Å². The third kappa shape index (κ3) is 4.65. The second kappa shape index (κ2) is 9.29. The molecule has 28 heavy (non-hydrogen) atoms. The van der Waals surface area contributed by atoms with E-state index in [-0.39, 0.29) is 0 Å². The van der Waals surface area contributed by atoms with Crippen LogP contribution in [0.3, 0.4) is 0 Å². The van der Waals surface area contributed by atoms with Crippen LogP contribution in [0.4, 0.5) is 22.0 Å². The largest absolute Gasteiger partial charge is 0.420 e. The van der Waals surface area contributed by atoms with Gasteiger partial charge in [0.15, 0.2) is 23.1 Å². The highest BCUT2D eigenvalue weighted by atomic mass is 19.2. The number of hydrogen-bond acceptors (Lipinski definition) is 6. The molecule has 0 spiro atoms. The molecule has 0 aromatic heterocycles. The van der Waals surface area contributed by atoms with Gasteiger partial charge in [0, 0.05) is 6.92 Å². The lowest BCUT2D eigenvalue weighted by Gasteiger charge is -2.21. The fourth-order valence-corrected chi connectivity index (χ4v) is 2.31. The molecule has 1 aromatic rings. The molecular weight excluding hydrogens is 395 g/mol. The number of carbonyl (C=O) groups is 5. The predicted octanol–water partition coefficient (Wildman–Crippen LogP) is 2.64. The molecule has 1 aromatic carbocycles. The van der Waals surface area contributed by atoms with Gasteiger partial charge in [-0.15, -0.1) is 0 Å². The van der Waals surface area contributed by atoms with Crippen LogP contribution in [0.25, 0.3) is 0 Å². The van der Waals surface area contributed by atoms with E-state index in [0.717, 1.165) is 34.6 Å². The summed E-state index contributed by atoms with van der Waals surface area (Å²) in [7, 11) is 0. The van der Waals surface area contributed by atoms with E-state index in [9.17, 15) is 45.9 Å². The average Bonchev–Trinajstić information content (AvgIpc) is 2.54. The molecular formula is C17H15F5O6. The lowest BCUT2D eigenvalue weighted by molar-refractivity contribution is -0.152. The minimum absolute atomic E-state index is 0.708. The van der Waals surface area contributed by atoms with Crippen molar-refractivity contribution < 1.29 is 50.7 Å². The summed E-state index contributed by atoms with van der Waals surface area (Å²) in [6.45, 7) is 5.06. The maximum atomic E-state index is 12.8. The molecule has 0 fully saturated rings. The maximum Gasteiger partial charge on any atom is 0.308 e. The van der Waals surface area contributed by atoms with Crippen molar-refractivity contribution in [2.75, 3.05) is 0 Å². The Hall–Kier alpha value is -2.98. The first kappa shape index (κ1) is 25.0. The summed E-state index contributed by atoms with van der Waals surface area (Å²) in [5.41, 5.74) is -2.06. The van der Waals surface area contributed by atoms with E-state index in [4.69, 9.17) is 0 Å². The van der Waals surface area contributed by atoms with E-state index in [1.807, 2.05) is 0 Å². The molecule has 1 rings (SSSR count). The molecule has 154 valence electrons. The molecule has 0 saturated carbocycles. The molecule has 0 aliphatic rings. The highest BCUT2D eigenvalue weighted by Gasteiger charge is 2.49. The maximum absolute atomic E-state index is 12.8. The molecule has 0 radical (unpaired) electrons. The number of Topliss-reactive ketones (excluding diaryl/α,β-unsaturated/α-hetero) is 4. The van der Waals surface area contributed by atoms with E-state index in [1.54, 1.807) is 0 Å². The number of halogens is 5. The zero-order valence-corrected chi connectivity index (χ0v) is 15.3. The van der Waals surface area contributed by atoms with E-state index >= 15 is 0 Å². The first-order chi connectivity index (χ1) is 12.6. The Morgan fingerprint density at radius 2 is 0.821 bits per heavy atom. The van der Waals surface area contributed by atoms with Gasteiger partial charge in [0.25, 0.3) is 0 Å². The second-order valence-corrected chi connectivity index (χ2v) is 5.47. The van der Waals surface area contributed by atoms with Gasteiger partial charge in [-0.2, -0.15) is 8.78 Å². The van der Waals surface area contributed by atoms with Crippen LogP contribution < -0.4 is 4.74 Å². The van der Waals surface area contributed by atoms with Gasteiger partial charge in [0.1, 0.15) is 0 Å². The summed E-state index contributed by atoms with van der Waals surface area (Å²) in [6, 6.07) is 0. The standard InChI is InChI=1S/C9H12O4.C8H3F5O2/c1-5(10)9(6(2)11,7(3)12)8(4)13;1-2(14)15-8-6(12)4(10)3(9)5(11)7(8)13/h1-4H3;1H3. The van der Waals surface area contributed by atoms with Gasteiger partial charge < -0.3 is 4.74 Å². The summed E-state index contributed by atoms with van der Waals surface area (Å²) in [6.07, 6.45) is 0. The summed E-state index contributed by atoms with van der Waals surface area (Å²) in [5, 5.41) is 0. The molecule has 0 heterocycles. The number of esters is 1. The van der Waals surface area contributed by atoms with Crippen LogP contribution in [0.15, 0.2) is 0 Å². The molecule has 0 N–H and O–H groups in total. The summed E-state index contributed by atoms with van der Waals surface area (Å²) >= 11 is 0. The third-order valence-corrected chi connectivity index (χ3v) is 3.53. The lowest BCUT2D eigenvalue weighted by Crippen LogP contribution is -2.48. The number of hydrogen-bond donors (Lipinski definition) is 0. The molecule has 0 unspecified atom stereocenters. The van der Waals surface area contributed by atoms with Crippen LogP contribution in [0.1, 0.15) is 34.6 Å². The number of carbonyl (C=O) groups excluding carboxylic acids is 5. The molecule has 0 aliphatic carbocycles. The highest BCUT2D eigenvalue weighted by molar-refractivity contribution is 6.37. The van der Waals surface area contributed by atoms with E-state index in [1.165, 1.54) is 0 Å². The van der Waals surface area contributed by atoms with Gasteiger partial charge in [0.2, 0.25) is 40.3 Å². The normalized spacial score (nSPS) is 10.5. The number of ether oxygens (including phenoxy) is 1. The Labute approximate surface area is 155 Å². The van der Waals surface area contributed by atoms with Crippen molar-refractivity contribution in [2.24, 2.45) is 5.41 Å². The number of benzene rings is 1.